The molecule has 1 aromatic heterocycles. The third kappa shape index (κ3) is 10.7. The van der Waals surface area contributed by atoms with E-state index in [9.17, 15) is 30.8 Å². The second-order valence-electron chi connectivity index (χ2n) is 5.77. The van der Waals surface area contributed by atoms with Crippen LogP contribution in [-0.2, 0) is 26.9 Å². The SMILES string of the molecule is NCCS(=O)(=O)Cc1csc(NC(=O)NCc2cccc(F)c2)n1.O=C(O)C(F)(F)F. The molecule has 0 saturated carbocycles. The van der Waals surface area contributed by atoms with Crippen molar-refractivity contribution in [2.75, 3.05) is 17.6 Å². The summed E-state index contributed by atoms with van der Waals surface area (Å²) in [6.45, 7) is 0.215. The van der Waals surface area contributed by atoms with Gasteiger partial charge >= 0.3 is 18.2 Å². The predicted molar refractivity (Wildman–Crippen MR) is 105 cm³/mol. The van der Waals surface area contributed by atoms with E-state index in [1.54, 1.807) is 17.5 Å². The van der Waals surface area contributed by atoms with Crippen LogP contribution in [0.3, 0.4) is 0 Å². The lowest BCUT2D eigenvalue weighted by Gasteiger charge is -2.05. The smallest absolute Gasteiger partial charge is 0.475 e. The molecule has 1 aromatic carbocycles. The molecule has 31 heavy (non-hydrogen) atoms. The predicted octanol–water partition coefficient (Wildman–Crippen LogP) is 2.11. The maximum absolute atomic E-state index is 13.0. The minimum Gasteiger partial charge on any atom is -0.475 e. The molecular weight excluding hydrogens is 468 g/mol. The Kier molecular flexibility index (Phi) is 9.80. The van der Waals surface area contributed by atoms with E-state index in [1.165, 1.54) is 12.1 Å². The number of carbonyl (C=O) groups is 2. The van der Waals surface area contributed by atoms with Crippen LogP contribution < -0.4 is 16.4 Å². The zero-order valence-electron chi connectivity index (χ0n) is 15.6. The summed E-state index contributed by atoms with van der Waals surface area (Å²) in [4.78, 5) is 24.7. The molecule has 1 heterocycles. The first-order chi connectivity index (χ1) is 14.3. The molecule has 5 N–H and O–H groups in total. The largest absolute Gasteiger partial charge is 0.490 e. The first kappa shape index (κ1) is 26.3. The van der Waals surface area contributed by atoms with Crippen LogP contribution in [0.4, 0.5) is 27.5 Å². The summed E-state index contributed by atoms with van der Waals surface area (Å²) in [6.07, 6.45) is -5.08. The Balaban J connectivity index is 0.000000592. The summed E-state index contributed by atoms with van der Waals surface area (Å²) < 4.78 is 68.1. The molecule has 0 aliphatic heterocycles. The first-order valence-corrected chi connectivity index (χ1v) is 11.0. The molecule has 2 rings (SSSR count). The van der Waals surface area contributed by atoms with Gasteiger partial charge in [0.2, 0.25) is 0 Å². The van der Waals surface area contributed by atoms with Crippen LogP contribution in [0.5, 0.6) is 0 Å². The van der Waals surface area contributed by atoms with Crippen molar-refractivity contribution in [3.05, 3.63) is 46.7 Å². The average molecular weight is 486 g/mol. The van der Waals surface area contributed by atoms with Crippen molar-refractivity contribution >= 4 is 38.3 Å². The molecule has 0 radical (unpaired) electrons. The molecule has 172 valence electrons. The van der Waals surface area contributed by atoms with Crippen LogP contribution in [-0.4, -0.2) is 49.0 Å². The summed E-state index contributed by atoms with van der Waals surface area (Å²) in [6, 6.07) is 5.38. The molecule has 0 atom stereocenters. The number of sulfone groups is 1. The zero-order chi connectivity index (χ0) is 23.7. The van der Waals surface area contributed by atoms with E-state index in [-0.39, 0.29) is 35.5 Å². The second kappa shape index (κ2) is 11.6. The Labute approximate surface area is 178 Å². The minimum absolute atomic E-state index is 0.0556. The molecule has 0 spiro atoms. The quantitative estimate of drug-likeness (QED) is 0.438. The fourth-order valence-electron chi connectivity index (χ4n) is 1.88. The summed E-state index contributed by atoms with van der Waals surface area (Å²) in [5, 5.41) is 14.0. The lowest BCUT2D eigenvalue weighted by atomic mass is 10.2. The van der Waals surface area contributed by atoms with Crippen LogP contribution in [0, 0.1) is 5.82 Å². The molecule has 2 amide bonds. The highest BCUT2D eigenvalue weighted by atomic mass is 32.2. The van der Waals surface area contributed by atoms with Gasteiger partial charge in [0.1, 0.15) is 5.82 Å². The molecule has 15 heteroatoms. The van der Waals surface area contributed by atoms with E-state index in [4.69, 9.17) is 15.6 Å². The molecule has 2 aromatic rings. The second-order valence-corrected chi connectivity index (χ2v) is 8.81. The highest BCUT2D eigenvalue weighted by molar-refractivity contribution is 7.90. The summed E-state index contributed by atoms with van der Waals surface area (Å²) in [7, 11) is -3.29. The van der Waals surface area contributed by atoms with Crippen molar-refractivity contribution < 1.29 is 40.7 Å². The van der Waals surface area contributed by atoms with Crippen molar-refractivity contribution in [3.63, 3.8) is 0 Å². The number of alkyl halides is 3. The average Bonchev–Trinajstić information content (AvgIpc) is 3.05. The molecule has 0 saturated heterocycles. The number of aromatic nitrogens is 1. The van der Waals surface area contributed by atoms with Gasteiger partial charge in [-0.05, 0) is 17.7 Å². The molecule has 0 bridgehead atoms. The normalized spacial score (nSPS) is 11.3. The number of amides is 2. The number of carbonyl (C=O) groups excluding carboxylic acids is 1. The molecule has 0 aliphatic rings. The number of nitrogens with two attached hydrogens (primary N) is 1. The first-order valence-electron chi connectivity index (χ1n) is 8.26. The monoisotopic (exact) mass is 486 g/mol. The van der Waals surface area contributed by atoms with Crippen LogP contribution >= 0.6 is 11.3 Å². The van der Waals surface area contributed by atoms with E-state index in [0.29, 0.717) is 11.3 Å². The molecule has 0 unspecified atom stereocenters. The Morgan fingerprint density at radius 3 is 2.45 bits per heavy atom. The maximum atomic E-state index is 13.0. The van der Waals surface area contributed by atoms with E-state index < -0.39 is 28.0 Å². The van der Waals surface area contributed by atoms with Gasteiger partial charge in [0.05, 0.1) is 17.2 Å². The van der Waals surface area contributed by atoms with Crippen LogP contribution in [0.25, 0.3) is 0 Å². The minimum atomic E-state index is -5.08. The fraction of sp³-hybridized carbons (Fsp3) is 0.312. The van der Waals surface area contributed by atoms with Crippen molar-refractivity contribution in [3.8, 4) is 0 Å². The van der Waals surface area contributed by atoms with Gasteiger partial charge in [-0.25, -0.2) is 27.4 Å². The summed E-state index contributed by atoms with van der Waals surface area (Å²) in [5.74, 6) is -3.46. The number of hydrogen-bond donors (Lipinski definition) is 4. The Bertz CT molecular complexity index is 996. The lowest BCUT2D eigenvalue weighted by Crippen LogP contribution is -2.28. The molecular formula is C16H18F4N4O5S2. The Morgan fingerprint density at radius 1 is 1.26 bits per heavy atom. The molecule has 9 nitrogen and oxygen atoms in total. The number of hydrogen-bond acceptors (Lipinski definition) is 7. The van der Waals surface area contributed by atoms with Crippen molar-refractivity contribution in [1.82, 2.24) is 10.3 Å². The van der Waals surface area contributed by atoms with Gasteiger partial charge in [0, 0.05) is 18.5 Å². The zero-order valence-corrected chi connectivity index (χ0v) is 17.3. The number of halogens is 4. The highest BCUT2D eigenvalue weighted by Gasteiger charge is 2.38. The summed E-state index contributed by atoms with van der Waals surface area (Å²) >= 11 is 1.12. The van der Waals surface area contributed by atoms with Gasteiger partial charge in [-0.3, -0.25) is 5.32 Å². The third-order valence-electron chi connectivity index (χ3n) is 3.15. The van der Waals surface area contributed by atoms with Gasteiger partial charge in [-0.2, -0.15) is 13.2 Å². The number of nitrogens with zero attached hydrogens (tertiary/aromatic N) is 1. The number of rotatable bonds is 7. The number of anilines is 1. The number of aliphatic carboxylic acids is 1. The lowest BCUT2D eigenvalue weighted by molar-refractivity contribution is -0.192. The van der Waals surface area contributed by atoms with Gasteiger partial charge in [0.25, 0.3) is 0 Å². The number of benzene rings is 1. The van der Waals surface area contributed by atoms with Crippen LogP contribution in [0.2, 0.25) is 0 Å². The van der Waals surface area contributed by atoms with Crippen molar-refractivity contribution in [2.45, 2.75) is 18.5 Å². The molecule has 0 fully saturated rings. The van der Waals surface area contributed by atoms with Crippen molar-refractivity contribution in [1.29, 1.82) is 0 Å². The molecule has 0 aliphatic carbocycles. The number of carboxylic acid groups (broad SMARTS) is 1. The third-order valence-corrected chi connectivity index (χ3v) is 5.55. The van der Waals surface area contributed by atoms with Crippen LogP contribution in [0.1, 0.15) is 11.3 Å². The van der Waals surface area contributed by atoms with Gasteiger partial charge in [-0.15, -0.1) is 11.3 Å². The fourth-order valence-corrected chi connectivity index (χ4v) is 3.79. The number of nitrogens with one attached hydrogen (secondary N) is 2. The Morgan fingerprint density at radius 2 is 1.90 bits per heavy atom. The number of thiazole rings is 1. The van der Waals surface area contributed by atoms with Gasteiger partial charge < -0.3 is 16.2 Å². The topological polar surface area (TPSA) is 151 Å². The van der Waals surface area contributed by atoms with E-state index in [1.807, 2.05) is 0 Å². The van der Waals surface area contributed by atoms with Crippen LogP contribution in [0.15, 0.2) is 29.6 Å². The van der Waals surface area contributed by atoms with E-state index in [2.05, 4.69) is 15.6 Å². The maximum Gasteiger partial charge on any atom is 0.490 e. The van der Waals surface area contributed by atoms with Gasteiger partial charge in [-0.1, -0.05) is 12.1 Å². The van der Waals surface area contributed by atoms with Crippen molar-refractivity contribution in [2.24, 2.45) is 5.73 Å². The highest BCUT2D eigenvalue weighted by Crippen LogP contribution is 2.17. The summed E-state index contributed by atoms with van der Waals surface area (Å²) in [5.41, 5.74) is 6.22. The number of urea groups is 1. The van der Waals surface area contributed by atoms with E-state index in [0.717, 1.165) is 11.3 Å². The number of carboxylic acids is 1. The Hall–Kier alpha value is -2.78. The standard InChI is InChI=1S/C14H17FN4O3S2.C2HF3O2/c15-11-3-1-2-10(6-11)7-17-13(20)19-14-18-12(8-23-14)9-24(21,22)5-4-16;3-2(4,5)1(6)7/h1-3,6,8H,4-5,7,9,16H2,(H2,17,18,19,20);(H,6,7). The van der Waals surface area contributed by atoms with Gasteiger partial charge in [0.15, 0.2) is 15.0 Å². The van der Waals surface area contributed by atoms with E-state index >= 15 is 0 Å².